The van der Waals surface area contributed by atoms with Gasteiger partial charge in [-0.25, -0.2) is 4.79 Å². The maximum absolute atomic E-state index is 12.7. The molecule has 0 saturated heterocycles. The Morgan fingerprint density at radius 1 is 0.618 bits per heavy atom. The van der Waals surface area contributed by atoms with Gasteiger partial charge in [0.15, 0.2) is 0 Å². The van der Waals surface area contributed by atoms with Crippen LogP contribution in [-0.2, 0) is 4.79 Å². The van der Waals surface area contributed by atoms with Crippen LogP contribution in [0.5, 0.6) is 0 Å². The van der Waals surface area contributed by atoms with E-state index in [1.54, 1.807) is 91.0 Å². The molecule has 34 heavy (non-hydrogen) atoms. The van der Waals surface area contributed by atoms with Crippen molar-refractivity contribution in [3.63, 3.8) is 0 Å². The molecule has 3 aromatic carbocycles. The van der Waals surface area contributed by atoms with E-state index in [0.717, 1.165) is 0 Å². The standard InChI is InChI=1S/C26H25N3O5/c30-23(18-10-4-1-5-11-18)27-17-21(28-24(31)19-12-6-2-7-13-19)16-22(26(33)34)29-25(32)20-14-8-3-9-15-20/h1-15,21-22H,16-17H2,(H,27,30)(H,28,31)(H,29,32)(H,33,34)/t21-,22+/m0/s1. The molecular formula is C26H25N3O5. The fraction of sp³-hybridized carbons (Fsp3) is 0.154. The third kappa shape index (κ3) is 7.03. The summed E-state index contributed by atoms with van der Waals surface area (Å²) in [4.78, 5) is 49.6. The van der Waals surface area contributed by atoms with Crippen molar-refractivity contribution in [3.05, 3.63) is 108 Å². The van der Waals surface area contributed by atoms with Crippen molar-refractivity contribution < 1.29 is 24.3 Å². The number of carboxylic acids is 1. The minimum absolute atomic E-state index is 0.0305. The molecule has 3 rings (SSSR count). The normalized spacial score (nSPS) is 12.1. The molecule has 0 aliphatic heterocycles. The van der Waals surface area contributed by atoms with Gasteiger partial charge in [0, 0.05) is 35.7 Å². The number of hydrogen-bond donors (Lipinski definition) is 4. The molecular weight excluding hydrogens is 434 g/mol. The summed E-state index contributed by atoms with van der Waals surface area (Å²) in [6, 6.07) is 23.2. The average molecular weight is 460 g/mol. The van der Waals surface area contributed by atoms with Crippen LogP contribution in [0.3, 0.4) is 0 Å². The van der Waals surface area contributed by atoms with Gasteiger partial charge in [0.25, 0.3) is 17.7 Å². The van der Waals surface area contributed by atoms with Crippen LogP contribution >= 0.6 is 0 Å². The van der Waals surface area contributed by atoms with Crippen molar-refractivity contribution in [1.82, 2.24) is 16.0 Å². The minimum atomic E-state index is -1.29. The van der Waals surface area contributed by atoms with E-state index in [0.29, 0.717) is 16.7 Å². The summed E-state index contributed by atoms with van der Waals surface area (Å²) < 4.78 is 0. The summed E-state index contributed by atoms with van der Waals surface area (Å²) in [5.74, 6) is -2.58. The van der Waals surface area contributed by atoms with E-state index in [4.69, 9.17) is 0 Å². The monoisotopic (exact) mass is 459 g/mol. The average Bonchev–Trinajstić information content (AvgIpc) is 2.87. The maximum Gasteiger partial charge on any atom is 0.326 e. The molecule has 3 aromatic rings. The molecule has 3 amide bonds. The van der Waals surface area contributed by atoms with Gasteiger partial charge in [-0.2, -0.15) is 0 Å². The molecule has 0 aliphatic carbocycles. The number of amides is 3. The number of carbonyl (C=O) groups is 4. The highest BCUT2D eigenvalue weighted by atomic mass is 16.4. The predicted molar refractivity (Wildman–Crippen MR) is 126 cm³/mol. The minimum Gasteiger partial charge on any atom is -0.480 e. The Labute approximate surface area is 197 Å². The van der Waals surface area contributed by atoms with E-state index in [1.165, 1.54) is 0 Å². The number of rotatable bonds is 10. The van der Waals surface area contributed by atoms with Gasteiger partial charge in [0.05, 0.1) is 0 Å². The second-order valence-electron chi connectivity index (χ2n) is 7.58. The summed E-state index contributed by atoms with van der Waals surface area (Å²) >= 11 is 0. The van der Waals surface area contributed by atoms with Gasteiger partial charge < -0.3 is 21.1 Å². The molecule has 8 heteroatoms. The lowest BCUT2D eigenvalue weighted by Gasteiger charge is -2.23. The van der Waals surface area contributed by atoms with Crippen LogP contribution in [0.4, 0.5) is 0 Å². The van der Waals surface area contributed by atoms with Crippen LogP contribution < -0.4 is 16.0 Å². The Hall–Kier alpha value is -4.46. The lowest BCUT2D eigenvalue weighted by molar-refractivity contribution is -0.139. The summed E-state index contributed by atoms with van der Waals surface area (Å²) in [5.41, 5.74) is 1.14. The topological polar surface area (TPSA) is 125 Å². The van der Waals surface area contributed by atoms with Gasteiger partial charge >= 0.3 is 5.97 Å². The molecule has 0 heterocycles. The highest BCUT2D eigenvalue weighted by Gasteiger charge is 2.26. The van der Waals surface area contributed by atoms with Gasteiger partial charge in [-0.1, -0.05) is 54.6 Å². The van der Waals surface area contributed by atoms with Gasteiger partial charge in [-0.3, -0.25) is 14.4 Å². The van der Waals surface area contributed by atoms with E-state index in [9.17, 15) is 24.3 Å². The molecule has 0 fully saturated rings. The van der Waals surface area contributed by atoms with Crippen LogP contribution in [-0.4, -0.2) is 47.4 Å². The highest BCUT2D eigenvalue weighted by Crippen LogP contribution is 2.07. The van der Waals surface area contributed by atoms with Crippen molar-refractivity contribution in [1.29, 1.82) is 0 Å². The Morgan fingerprint density at radius 2 is 1.03 bits per heavy atom. The van der Waals surface area contributed by atoms with Crippen molar-refractivity contribution in [2.45, 2.75) is 18.5 Å². The first-order valence-electron chi connectivity index (χ1n) is 10.7. The fourth-order valence-corrected chi connectivity index (χ4v) is 3.30. The summed E-state index contributed by atoms with van der Waals surface area (Å²) in [6.07, 6.45) is -0.137. The highest BCUT2D eigenvalue weighted by molar-refractivity contribution is 5.97. The molecule has 8 nitrogen and oxygen atoms in total. The number of benzene rings is 3. The lowest BCUT2D eigenvalue weighted by atomic mass is 10.0. The molecule has 0 aromatic heterocycles. The summed E-state index contributed by atoms with van der Waals surface area (Å²) in [5, 5.41) is 17.7. The van der Waals surface area contributed by atoms with E-state index in [2.05, 4.69) is 16.0 Å². The zero-order chi connectivity index (χ0) is 24.3. The molecule has 4 N–H and O–H groups in total. The number of carboxylic acid groups (broad SMARTS) is 1. The quantitative estimate of drug-likeness (QED) is 0.371. The van der Waals surface area contributed by atoms with Crippen molar-refractivity contribution in [2.75, 3.05) is 6.54 Å². The first kappa shape index (κ1) is 24.2. The van der Waals surface area contributed by atoms with Gasteiger partial charge in [0.2, 0.25) is 0 Å². The first-order chi connectivity index (χ1) is 16.4. The van der Waals surface area contributed by atoms with E-state index < -0.39 is 29.9 Å². The van der Waals surface area contributed by atoms with Gasteiger partial charge in [-0.15, -0.1) is 0 Å². The molecule has 2 atom stereocenters. The van der Waals surface area contributed by atoms with Crippen molar-refractivity contribution in [3.8, 4) is 0 Å². The smallest absolute Gasteiger partial charge is 0.326 e. The van der Waals surface area contributed by atoms with Crippen LogP contribution in [0.1, 0.15) is 37.5 Å². The lowest BCUT2D eigenvalue weighted by Crippen LogP contribution is -2.50. The Balaban J connectivity index is 1.73. The van der Waals surface area contributed by atoms with Gasteiger partial charge in [-0.05, 0) is 36.4 Å². The first-order valence-corrected chi connectivity index (χ1v) is 10.7. The zero-order valence-corrected chi connectivity index (χ0v) is 18.3. The number of nitrogens with one attached hydrogen (secondary N) is 3. The molecule has 0 saturated carbocycles. The zero-order valence-electron chi connectivity index (χ0n) is 18.3. The third-order valence-electron chi connectivity index (χ3n) is 5.08. The van der Waals surface area contributed by atoms with Crippen molar-refractivity contribution in [2.24, 2.45) is 0 Å². The third-order valence-corrected chi connectivity index (χ3v) is 5.08. The van der Waals surface area contributed by atoms with E-state index in [-0.39, 0.29) is 18.9 Å². The van der Waals surface area contributed by atoms with Gasteiger partial charge in [0.1, 0.15) is 6.04 Å². The summed E-state index contributed by atoms with van der Waals surface area (Å²) in [7, 11) is 0. The molecule has 0 radical (unpaired) electrons. The molecule has 174 valence electrons. The summed E-state index contributed by atoms with van der Waals surface area (Å²) in [6.45, 7) is -0.0305. The van der Waals surface area contributed by atoms with Crippen LogP contribution in [0, 0.1) is 0 Å². The Kier molecular flexibility index (Phi) is 8.51. The van der Waals surface area contributed by atoms with Crippen LogP contribution in [0.25, 0.3) is 0 Å². The molecule has 0 aliphatic rings. The number of aliphatic carboxylic acids is 1. The van der Waals surface area contributed by atoms with E-state index >= 15 is 0 Å². The fourth-order valence-electron chi connectivity index (χ4n) is 3.30. The van der Waals surface area contributed by atoms with E-state index in [1.807, 2.05) is 0 Å². The predicted octanol–water partition coefficient (Wildman–Crippen LogP) is 2.49. The van der Waals surface area contributed by atoms with Crippen LogP contribution in [0.2, 0.25) is 0 Å². The molecule has 0 bridgehead atoms. The molecule has 0 spiro atoms. The SMILES string of the molecule is O=C(NC[C@H](C[C@@H](NC(=O)c1ccccc1)C(=O)O)NC(=O)c1ccccc1)c1ccccc1. The maximum atomic E-state index is 12.7. The van der Waals surface area contributed by atoms with Crippen molar-refractivity contribution >= 4 is 23.7 Å². The second kappa shape index (κ2) is 12.0. The number of hydrogen-bond acceptors (Lipinski definition) is 4. The Morgan fingerprint density at radius 3 is 1.47 bits per heavy atom. The Bertz CT molecular complexity index is 1120. The molecule has 0 unspecified atom stereocenters. The number of carbonyl (C=O) groups excluding carboxylic acids is 3. The second-order valence-corrected chi connectivity index (χ2v) is 7.58. The van der Waals surface area contributed by atoms with Crippen LogP contribution in [0.15, 0.2) is 91.0 Å². The largest absolute Gasteiger partial charge is 0.480 e.